The second-order valence-electron chi connectivity index (χ2n) is 17.0. The Balaban J connectivity index is 0.00000392. The minimum Gasteiger partial charge on any atom is -1.00 e. The monoisotopic (exact) mass is 863 g/mol. The molecule has 0 unspecified atom stereocenters. The third kappa shape index (κ3) is 12.5. The zero-order valence-electron chi connectivity index (χ0n) is 34.2. The van der Waals surface area contributed by atoms with Crippen molar-refractivity contribution in [1.82, 2.24) is 0 Å². The number of nitrogens with zero attached hydrogens (tertiary/aromatic N) is 1. The Morgan fingerprint density at radius 3 is 0.926 bits per heavy atom. The minimum atomic E-state index is -3.92. The van der Waals surface area contributed by atoms with E-state index >= 15 is 0 Å². The van der Waals surface area contributed by atoms with Crippen molar-refractivity contribution in [3.05, 3.63) is 177 Å². The summed E-state index contributed by atoms with van der Waals surface area (Å²) in [6.07, 6.45) is 0. The van der Waals surface area contributed by atoms with Crippen LogP contribution in [0.2, 0.25) is 0 Å². The average molecular weight is 864 g/mol. The van der Waals surface area contributed by atoms with E-state index in [1.165, 1.54) is 27.8 Å². The van der Waals surface area contributed by atoms with Crippen molar-refractivity contribution in [2.24, 2.45) is 0 Å². The van der Waals surface area contributed by atoms with Crippen LogP contribution in [0.3, 0.4) is 0 Å². The number of hydrogen-bond acceptors (Lipinski definition) is 3. The van der Waals surface area contributed by atoms with Gasteiger partial charge >= 0.3 is 32.0 Å². The predicted molar refractivity (Wildman–Crippen MR) is 225 cm³/mol. The quantitative estimate of drug-likeness (QED) is 0.0714. The van der Waals surface area contributed by atoms with Gasteiger partial charge in [-0.1, -0.05) is 158 Å². The molecule has 0 saturated carbocycles. The third-order valence-corrected chi connectivity index (χ3v) is 11.7. The van der Waals surface area contributed by atoms with E-state index in [1.54, 1.807) is 0 Å². The molecular weight excluding hydrogens is 806 g/mol. The second kappa shape index (κ2) is 19.1. The molecule has 0 spiro atoms. The molecular formula is C47H58IMgNO3Si. The molecule has 0 N–H and O–H groups in total. The van der Waals surface area contributed by atoms with E-state index in [1.807, 2.05) is 0 Å². The summed E-state index contributed by atoms with van der Waals surface area (Å²) in [5.41, 5.74) is 7.20. The fraction of sp³-hybridized carbons (Fsp3) is 0.362. The van der Waals surface area contributed by atoms with Crippen LogP contribution in [0, 0.1) is 0 Å². The molecule has 4 nitrogen and oxygen atoms in total. The van der Waals surface area contributed by atoms with Gasteiger partial charge in [-0.2, -0.15) is 0 Å². The van der Waals surface area contributed by atoms with E-state index in [9.17, 15) is 0 Å². The summed E-state index contributed by atoms with van der Waals surface area (Å²) in [4.78, 5) is 5.86. The maximum absolute atomic E-state index is 7.08. The largest absolute Gasteiger partial charge is 2.00 e. The molecule has 7 heteroatoms. The molecule has 54 heavy (non-hydrogen) atoms. The van der Waals surface area contributed by atoms with E-state index in [4.69, 9.17) is 18.3 Å². The summed E-state index contributed by atoms with van der Waals surface area (Å²) in [6, 6.07) is 47.9. The molecule has 0 heterocycles. The average Bonchev–Trinajstić information content (AvgIpc) is 3.05. The maximum atomic E-state index is 7.08. The number of halogens is 1. The van der Waals surface area contributed by atoms with Gasteiger partial charge in [0, 0.05) is 11.8 Å². The molecule has 0 aromatic heterocycles. The second-order valence-corrected chi connectivity index (χ2v) is 18.9. The minimum absolute atomic E-state index is 0. The molecule has 0 bridgehead atoms. The van der Waals surface area contributed by atoms with E-state index in [2.05, 4.69) is 210 Å². The molecule has 0 amide bonds. The molecule has 5 aromatic rings. The van der Waals surface area contributed by atoms with Gasteiger partial charge in [-0.25, -0.2) is 0 Å². The van der Waals surface area contributed by atoms with Gasteiger partial charge in [0.05, 0.1) is 16.8 Å². The van der Waals surface area contributed by atoms with Gasteiger partial charge in [0.1, 0.15) is 0 Å². The van der Waals surface area contributed by atoms with Crippen molar-refractivity contribution in [2.45, 2.75) is 111 Å². The van der Waals surface area contributed by atoms with Crippen molar-refractivity contribution in [3.8, 4) is 0 Å². The van der Waals surface area contributed by atoms with Crippen LogP contribution in [0.4, 0.5) is 5.69 Å². The van der Waals surface area contributed by atoms with E-state index in [0.29, 0.717) is 0 Å². The summed E-state index contributed by atoms with van der Waals surface area (Å²) >= 11 is 0. The zero-order valence-corrected chi connectivity index (χ0v) is 38.8. The first-order chi connectivity index (χ1) is 24.4. The summed E-state index contributed by atoms with van der Waals surface area (Å²) in [6.45, 7) is 23.0. The fourth-order valence-electron chi connectivity index (χ4n) is 6.72. The standard InChI is InChI=1S/C47H58NO3Si.HI.Mg/c1-34(2)39-32-40(42(35-24-16-12-17-25-35)36-26-18-13-19-27-36)44(48-52(49-45(3,4)5,50-46(6,7)8)51-47(9,10)11)41(33-39)43(37-28-20-14-21-29-37)38-30-22-15-23-31-38;;/h12-34,42-43H,1-11H3;1H;/q-1;;+2/p-1. The Labute approximate surface area is 360 Å². The van der Waals surface area contributed by atoms with Crippen LogP contribution in [0.1, 0.15) is 133 Å². The molecule has 0 aliphatic carbocycles. The topological polar surface area (TPSA) is 41.8 Å². The number of hydrogen-bond donors (Lipinski definition) is 0. The SMILES string of the molecule is CC(C)c1cc(C(c2ccccc2)c2ccccc2)c([N-][Si](OC(C)(C)C)(OC(C)(C)C)OC(C)(C)C)c(C(c2ccccc2)c2ccccc2)c1.[I-].[Mg+2]. The Hall–Kier alpha value is -2.51. The Morgan fingerprint density at radius 2 is 0.704 bits per heavy atom. The predicted octanol–water partition coefficient (Wildman–Crippen LogP) is 9.68. The number of benzene rings is 5. The van der Waals surface area contributed by atoms with Gasteiger partial charge in [-0.3, -0.25) is 0 Å². The summed E-state index contributed by atoms with van der Waals surface area (Å²) in [7, 11) is -3.92. The molecule has 5 aromatic carbocycles. The van der Waals surface area contributed by atoms with Crippen molar-refractivity contribution in [1.29, 1.82) is 0 Å². The van der Waals surface area contributed by atoms with Crippen LogP contribution in [0.5, 0.6) is 0 Å². The fourth-order valence-corrected chi connectivity index (χ4v) is 9.84. The molecule has 0 atom stereocenters. The smallest absolute Gasteiger partial charge is 1.00 e. The molecule has 0 saturated heterocycles. The van der Waals surface area contributed by atoms with Crippen LogP contribution in [0.25, 0.3) is 4.98 Å². The molecule has 0 aliphatic heterocycles. The molecule has 0 aliphatic rings. The van der Waals surface area contributed by atoms with E-state index in [-0.39, 0.29) is 64.8 Å². The van der Waals surface area contributed by atoms with Gasteiger partial charge in [0.15, 0.2) is 0 Å². The summed E-state index contributed by atoms with van der Waals surface area (Å²) < 4.78 is 21.2. The Morgan fingerprint density at radius 1 is 0.444 bits per heavy atom. The molecule has 282 valence electrons. The van der Waals surface area contributed by atoms with Gasteiger partial charge in [-0.15, -0.1) is 5.69 Å². The van der Waals surface area contributed by atoms with Gasteiger partial charge in [0.2, 0.25) is 0 Å². The zero-order chi connectivity index (χ0) is 37.7. The van der Waals surface area contributed by atoms with E-state index < -0.39 is 25.8 Å². The van der Waals surface area contributed by atoms with Crippen molar-refractivity contribution < 1.29 is 37.3 Å². The summed E-state index contributed by atoms with van der Waals surface area (Å²) in [5, 5.41) is 0. The van der Waals surface area contributed by atoms with Crippen molar-refractivity contribution in [3.63, 3.8) is 0 Å². The Bertz CT molecular complexity index is 1650. The maximum Gasteiger partial charge on any atom is 2.00 e. The van der Waals surface area contributed by atoms with Crippen LogP contribution in [-0.4, -0.2) is 48.8 Å². The van der Waals surface area contributed by atoms with Crippen LogP contribution in [0.15, 0.2) is 133 Å². The van der Waals surface area contributed by atoms with Crippen LogP contribution >= 0.6 is 0 Å². The van der Waals surface area contributed by atoms with Gasteiger partial charge in [0.25, 0.3) is 0 Å². The van der Waals surface area contributed by atoms with Crippen LogP contribution in [-0.2, 0) is 13.3 Å². The summed E-state index contributed by atoms with van der Waals surface area (Å²) in [5.74, 6) is 0.00300. The molecule has 5 rings (SSSR count). The van der Waals surface area contributed by atoms with Crippen molar-refractivity contribution in [2.75, 3.05) is 0 Å². The number of rotatable bonds is 12. The Kier molecular flexibility index (Phi) is 16.2. The normalized spacial score (nSPS) is 12.4. The third-order valence-electron chi connectivity index (χ3n) is 8.57. The first kappa shape index (κ1) is 45.9. The molecule has 0 fully saturated rings. The molecule has 0 radical (unpaired) electrons. The van der Waals surface area contributed by atoms with Crippen molar-refractivity contribution >= 4 is 37.7 Å². The van der Waals surface area contributed by atoms with Gasteiger partial charge in [-0.05, 0) is 96.0 Å². The van der Waals surface area contributed by atoms with Crippen LogP contribution < -0.4 is 24.0 Å². The first-order valence-corrected chi connectivity index (χ1v) is 20.3. The first-order valence-electron chi connectivity index (χ1n) is 18.6. The van der Waals surface area contributed by atoms with Gasteiger partial charge < -0.3 is 42.2 Å². The van der Waals surface area contributed by atoms with E-state index in [0.717, 1.165) is 16.8 Å².